The molecule has 1 amide bonds. The van der Waals surface area contributed by atoms with Crippen LogP contribution in [0.3, 0.4) is 0 Å². The average molecular weight is 387 g/mol. The molecule has 1 aromatic carbocycles. The van der Waals surface area contributed by atoms with Gasteiger partial charge >= 0.3 is 0 Å². The van der Waals surface area contributed by atoms with Gasteiger partial charge in [-0.05, 0) is 61.2 Å². The van der Waals surface area contributed by atoms with Crippen molar-refractivity contribution in [3.8, 4) is 17.1 Å². The first kappa shape index (κ1) is 17.5. The van der Waals surface area contributed by atoms with Crippen molar-refractivity contribution in [1.82, 2.24) is 25.5 Å². The molecule has 0 bridgehead atoms. The number of carbonyl (C=O) groups excluding carboxylic acids is 1. The molecule has 3 heterocycles. The number of amides is 1. The highest BCUT2D eigenvalue weighted by atomic mass is 16.5. The Bertz CT molecular complexity index is 1180. The molecule has 5 rings (SSSR count). The summed E-state index contributed by atoms with van der Waals surface area (Å²) in [5, 5.41) is 11.4. The van der Waals surface area contributed by atoms with Gasteiger partial charge in [0, 0.05) is 22.8 Å². The lowest BCUT2D eigenvalue weighted by Gasteiger charge is -2.23. The summed E-state index contributed by atoms with van der Waals surface area (Å²) in [4.78, 5) is 20.6. The second-order valence-corrected chi connectivity index (χ2v) is 7.23. The van der Waals surface area contributed by atoms with Crippen LogP contribution in [0.1, 0.15) is 40.6 Å². The molecule has 0 radical (unpaired) electrons. The average Bonchev–Trinajstić information content (AvgIpc) is 3.40. The van der Waals surface area contributed by atoms with E-state index in [0.717, 1.165) is 47.3 Å². The van der Waals surface area contributed by atoms with E-state index in [4.69, 9.17) is 4.74 Å². The molecule has 3 aromatic heterocycles. The second kappa shape index (κ2) is 7.09. The summed E-state index contributed by atoms with van der Waals surface area (Å²) < 4.78 is 5.37. The number of hydrogen-bond donors (Lipinski definition) is 3. The molecule has 29 heavy (non-hydrogen) atoms. The monoisotopic (exact) mass is 387 g/mol. The molecular formula is C22H21N5O2. The van der Waals surface area contributed by atoms with E-state index in [1.165, 1.54) is 5.56 Å². The Morgan fingerprint density at radius 2 is 2.14 bits per heavy atom. The van der Waals surface area contributed by atoms with E-state index < -0.39 is 0 Å². The number of fused-ring (bicyclic) bond motifs is 3. The van der Waals surface area contributed by atoms with E-state index in [9.17, 15) is 4.79 Å². The number of ether oxygens (including phenoxy) is 1. The Labute approximate surface area is 167 Å². The number of benzene rings is 1. The predicted molar refractivity (Wildman–Crippen MR) is 110 cm³/mol. The van der Waals surface area contributed by atoms with E-state index >= 15 is 0 Å². The van der Waals surface area contributed by atoms with E-state index in [1.807, 2.05) is 30.3 Å². The van der Waals surface area contributed by atoms with Crippen LogP contribution >= 0.6 is 0 Å². The molecule has 0 aliphatic heterocycles. The third kappa shape index (κ3) is 3.14. The smallest absolute Gasteiger partial charge is 0.269 e. The van der Waals surface area contributed by atoms with Crippen molar-refractivity contribution < 1.29 is 9.53 Å². The van der Waals surface area contributed by atoms with Gasteiger partial charge in [-0.2, -0.15) is 5.10 Å². The molecule has 0 fully saturated rings. The lowest BCUT2D eigenvalue weighted by Crippen LogP contribution is -2.31. The molecule has 1 atom stereocenters. The number of carbonyl (C=O) groups is 1. The van der Waals surface area contributed by atoms with Crippen LogP contribution in [0.4, 0.5) is 0 Å². The Morgan fingerprint density at radius 1 is 1.21 bits per heavy atom. The van der Waals surface area contributed by atoms with Gasteiger partial charge in [0.2, 0.25) is 0 Å². The van der Waals surface area contributed by atoms with E-state index in [-0.39, 0.29) is 11.9 Å². The Morgan fingerprint density at radius 3 is 2.97 bits per heavy atom. The topological polar surface area (TPSA) is 95.7 Å². The molecule has 0 saturated heterocycles. The minimum atomic E-state index is -0.172. The number of aromatic nitrogens is 4. The van der Waals surface area contributed by atoms with Crippen LogP contribution in [-0.4, -0.2) is 33.2 Å². The van der Waals surface area contributed by atoms with Gasteiger partial charge in [-0.1, -0.05) is 6.07 Å². The maximum absolute atomic E-state index is 12.8. The molecule has 0 saturated carbocycles. The minimum absolute atomic E-state index is 0.0637. The van der Waals surface area contributed by atoms with Gasteiger partial charge < -0.3 is 15.0 Å². The number of methoxy groups -OCH3 is 1. The van der Waals surface area contributed by atoms with E-state index in [2.05, 4.69) is 31.5 Å². The van der Waals surface area contributed by atoms with Gasteiger partial charge in [-0.15, -0.1) is 0 Å². The van der Waals surface area contributed by atoms with Crippen molar-refractivity contribution in [2.24, 2.45) is 0 Å². The first-order valence-electron chi connectivity index (χ1n) is 9.69. The van der Waals surface area contributed by atoms with Gasteiger partial charge in [0.1, 0.15) is 17.1 Å². The van der Waals surface area contributed by atoms with Crippen molar-refractivity contribution in [1.29, 1.82) is 0 Å². The van der Waals surface area contributed by atoms with Crippen LogP contribution in [-0.2, 0) is 6.42 Å². The van der Waals surface area contributed by atoms with Gasteiger partial charge in [-0.3, -0.25) is 14.9 Å². The van der Waals surface area contributed by atoms with Crippen LogP contribution in [0.2, 0.25) is 0 Å². The van der Waals surface area contributed by atoms with Gasteiger partial charge in [0.25, 0.3) is 5.91 Å². The number of aryl methyl sites for hydroxylation is 1. The molecule has 0 spiro atoms. The molecular weight excluding hydrogens is 366 g/mol. The van der Waals surface area contributed by atoms with Gasteiger partial charge in [0.05, 0.1) is 18.8 Å². The van der Waals surface area contributed by atoms with Gasteiger partial charge in [0.15, 0.2) is 0 Å². The molecule has 1 aliphatic rings. The Hall–Kier alpha value is -3.61. The highest BCUT2D eigenvalue weighted by Crippen LogP contribution is 2.36. The first-order chi connectivity index (χ1) is 14.2. The van der Waals surface area contributed by atoms with E-state index in [0.29, 0.717) is 11.4 Å². The summed E-state index contributed by atoms with van der Waals surface area (Å²) in [5.74, 6) is 0.665. The van der Waals surface area contributed by atoms with Crippen LogP contribution in [0, 0.1) is 0 Å². The quantitative estimate of drug-likeness (QED) is 0.497. The molecule has 3 N–H and O–H groups in total. The Balaban J connectivity index is 1.41. The van der Waals surface area contributed by atoms with Crippen molar-refractivity contribution >= 4 is 16.8 Å². The van der Waals surface area contributed by atoms with Crippen LogP contribution < -0.4 is 10.1 Å². The maximum atomic E-state index is 12.8. The summed E-state index contributed by atoms with van der Waals surface area (Å²) in [6.45, 7) is 0. The number of nitrogens with one attached hydrogen (secondary N) is 3. The number of aromatic amines is 2. The van der Waals surface area contributed by atoms with Gasteiger partial charge in [-0.25, -0.2) is 0 Å². The lowest BCUT2D eigenvalue weighted by atomic mass is 9.91. The highest BCUT2D eigenvalue weighted by molar-refractivity contribution is 5.94. The standard InChI is InChI=1S/C22H21N5O2/c1-29-13-8-9-16-15(11-13)14-5-4-7-18(21(14)24-16)25-22(28)20-12-19(26-27-20)17-6-2-3-10-23-17/h2-3,6,8-12,18,24H,4-5,7H2,1H3,(H,25,28)(H,26,27)/t18-/m0/s1. The first-order valence-corrected chi connectivity index (χ1v) is 9.69. The predicted octanol–water partition coefficient (Wildman–Crippen LogP) is 3.77. The van der Waals surface area contributed by atoms with E-state index in [1.54, 1.807) is 19.4 Å². The zero-order valence-corrected chi connectivity index (χ0v) is 16.0. The largest absolute Gasteiger partial charge is 0.497 e. The molecule has 1 aliphatic carbocycles. The fourth-order valence-electron chi connectivity index (χ4n) is 4.03. The number of pyridine rings is 1. The Kier molecular flexibility index (Phi) is 4.27. The maximum Gasteiger partial charge on any atom is 0.269 e. The molecule has 0 unspecified atom stereocenters. The number of hydrogen-bond acceptors (Lipinski definition) is 4. The highest BCUT2D eigenvalue weighted by Gasteiger charge is 2.26. The zero-order chi connectivity index (χ0) is 19.8. The minimum Gasteiger partial charge on any atom is -0.497 e. The number of rotatable bonds is 4. The number of nitrogens with zero attached hydrogens (tertiary/aromatic N) is 2. The van der Waals surface area contributed by atoms with Crippen molar-refractivity contribution in [3.05, 3.63) is 65.6 Å². The fraction of sp³-hybridized carbons (Fsp3) is 0.227. The van der Waals surface area contributed by atoms with Crippen molar-refractivity contribution in [3.63, 3.8) is 0 Å². The summed E-state index contributed by atoms with van der Waals surface area (Å²) in [6.07, 6.45) is 4.61. The summed E-state index contributed by atoms with van der Waals surface area (Å²) in [6, 6.07) is 13.3. The SMILES string of the molecule is COc1ccc2[nH]c3c(c2c1)CCC[C@@H]3NC(=O)c1cc(-c2ccccn2)n[nH]1. The normalized spacial score (nSPS) is 15.8. The van der Waals surface area contributed by atoms with Crippen molar-refractivity contribution in [2.75, 3.05) is 7.11 Å². The summed E-state index contributed by atoms with van der Waals surface area (Å²) in [7, 11) is 1.67. The molecule has 146 valence electrons. The van der Waals surface area contributed by atoms with Crippen LogP contribution in [0.25, 0.3) is 22.3 Å². The van der Waals surface area contributed by atoms with Crippen LogP contribution in [0.5, 0.6) is 5.75 Å². The molecule has 7 nitrogen and oxygen atoms in total. The zero-order valence-electron chi connectivity index (χ0n) is 16.0. The summed E-state index contributed by atoms with van der Waals surface area (Å²) >= 11 is 0. The van der Waals surface area contributed by atoms with Crippen molar-refractivity contribution in [2.45, 2.75) is 25.3 Å². The molecule has 7 heteroatoms. The molecule has 4 aromatic rings. The summed E-state index contributed by atoms with van der Waals surface area (Å²) in [5.41, 5.74) is 5.21. The second-order valence-electron chi connectivity index (χ2n) is 7.23. The third-order valence-corrected chi connectivity index (χ3v) is 5.47. The fourth-order valence-corrected chi connectivity index (χ4v) is 4.03. The van der Waals surface area contributed by atoms with Crippen LogP contribution in [0.15, 0.2) is 48.7 Å². The number of H-pyrrole nitrogens is 2. The third-order valence-electron chi connectivity index (χ3n) is 5.47. The lowest BCUT2D eigenvalue weighted by molar-refractivity contribution is 0.0927.